The van der Waals surface area contributed by atoms with E-state index in [0.717, 1.165) is 5.56 Å². The second kappa shape index (κ2) is 21.0. The first-order chi connectivity index (χ1) is 26.8. The summed E-state index contributed by atoms with van der Waals surface area (Å²) in [6.07, 6.45) is 1.52. The molecule has 0 spiro atoms. The SMILES string of the molecule is CC(C)CC(NC(=O)[C@H](Cc1cnc[nH]1)NC(=O)[C@H](Cc1ccccc1)NC(=O)OC(C)(C)C)C(=O)C(F)(F)CNC(=O)C(C(=O)NCc1ccccc1)C(C)C. The van der Waals surface area contributed by atoms with Crippen LogP contribution in [-0.2, 0) is 48.1 Å². The van der Waals surface area contributed by atoms with Gasteiger partial charge in [-0.15, -0.1) is 0 Å². The van der Waals surface area contributed by atoms with Crippen LogP contribution in [0.5, 0.6) is 0 Å². The molecule has 1 aromatic heterocycles. The maximum absolute atomic E-state index is 15.7. The van der Waals surface area contributed by atoms with E-state index in [2.05, 4.69) is 36.6 Å². The minimum absolute atomic E-state index is 0.0169. The van der Waals surface area contributed by atoms with E-state index in [-0.39, 0.29) is 31.7 Å². The number of H-pyrrole nitrogens is 1. The van der Waals surface area contributed by atoms with E-state index in [1.165, 1.54) is 12.5 Å². The second-order valence-corrected chi connectivity index (χ2v) is 15.6. The lowest BCUT2D eigenvalue weighted by molar-refractivity contribution is -0.148. The Bertz CT molecular complexity index is 1780. The Morgan fingerprint density at radius 2 is 1.26 bits per heavy atom. The van der Waals surface area contributed by atoms with Gasteiger partial charge in [-0.05, 0) is 50.2 Å². The zero-order valence-corrected chi connectivity index (χ0v) is 33.5. The Morgan fingerprint density at radius 1 is 0.719 bits per heavy atom. The Morgan fingerprint density at radius 3 is 1.79 bits per heavy atom. The number of ketones is 1. The smallest absolute Gasteiger partial charge is 0.408 e. The number of alkyl carbamates (subject to hydrolysis) is 1. The summed E-state index contributed by atoms with van der Waals surface area (Å²) in [5, 5.41) is 12.3. The van der Waals surface area contributed by atoms with Crippen molar-refractivity contribution >= 4 is 35.5 Å². The fourth-order valence-electron chi connectivity index (χ4n) is 5.85. The molecule has 3 aromatic rings. The number of ether oxygens (including phenoxy) is 1. The van der Waals surface area contributed by atoms with Gasteiger partial charge < -0.3 is 36.3 Å². The molecule has 0 radical (unpaired) electrons. The summed E-state index contributed by atoms with van der Waals surface area (Å²) in [5.41, 5.74) is 0.993. The maximum Gasteiger partial charge on any atom is 0.408 e. The van der Waals surface area contributed by atoms with Gasteiger partial charge in [0.1, 0.15) is 23.6 Å². The summed E-state index contributed by atoms with van der Waals surface area (Å²) in [6.45, 7) is 10.2. The van der Waals surface area contributed by atoms with Crippen molar-refractivity contribution < 1.29 is 42.3 Å². The number of rotatable bonds is 20. The number of imidazole rings is 1. The van der Waals surface area contributed by atoms with Crippen molar-refractivity contribution in [1.29, 1.82) is 0 Å². The summed E-state index contributed by atoms with van der Waals surface area (Å²) in [7, 11) is 0. The fraction of sp³-hybridized carbons (Fsp3) is 0.488. The summed E-state index contributed by atoms with van der Waals surface area (Å²) in [5.74, 6) is -11.5. The molecule has 4 atom stereocenters. The lowest BCUT2D eigenvalue weighted by Gasteiger charge is -2.28. The number of alkyl halides is 2. The topological polar surface area (TPSA) is 200 Å². The van der Waals surface area contributed by atoms with E-state index < -0.39 is 83.5 Å². The predicted octanol–water partition coefficient (Wildman–Crippen LogP) is 4.01. The number of benzene rings is 2. The molecule has 0 aliphatic carbocycles. The minimum atomic E-state index is -4.16. The Hall–Kier alpha value is -5.67. The summed E-state index contributed by atoms with van der Waals surface area (Å²) >= 11 is 0. The third kappa shape index (κ3) is 15.4. The van der Waals surface area contributed by atoms with Crippen LogP contribution in [-0.4, -0.2) is 81.7 Å². The Balaban J connectivity index is 1.79. The minimum Gasteiger partial charge on any atom is -0.444 e. The molecule has 0 bridgehead atoms. The Kier molecular flexibility index (Phi) is 16.9. The van der Waals surface area contributed by atoms with Crippen LogP contribution in [0.4, 0.5) is 13.6 Å². The van der Waals surface area contributed by atoms with E-state index in [0.29, 0.717) is 11.3 Å². The highest BCUT2D eigenvalue weighted by Crippen LogP contribution is 2.21. The number of hydrogen-bond donors (Lipinski definition) is 6. The highest BCUT2D eigenvalue weighted by atomic mass is 19.3. The van der Waals surface area contributed by atoms with Crippen LogP contribution in [0.3, 0.4) is 0 Å². The van der Waals surface area contributed by atoms with Crippen molar-refractivity contribution in [3.05, 3.63) is 90.0 Å². The first kappa shape index (κ1) is 45.7. The molecule has 0 saturated carbocycles. The standard InChI is InChI=1S/C41H55F2N7O7/c1-25(2)18-30(34(51)41(42,43)23-46-38(55)33(26(3)4)37(54)45-21-28-16-12-9-13-17-28)48-36(53)32(20-29-22-44-24-47-29)49-35(52)31(19-27-14-10-8-11-15-27)50-39(56)57-40(5,6)7/h8-17,22,24-26,30-33H,18-21,23H2,1-7H3,(H,44,47)(H,45,54)(H,46,55)(H,48,53)(H,49,52)(H,50,56)/t30?,31-,32-,33?/m0/s1. The molecule has 6 N–H and O–H groups in total. The van der Waals surface area contributed by atoms with Gasteiger partial charge in [-0.25, -0.2) is 9.78 Å². The van der Waals surface area contributed by atoms with Crippen LogP contribution in [0.15, 0.2) is 73.2 Å². The monoisotopic (exact) mass is 795 g/mol. The van der Waals surface area contributed by atoms with Gasteiger partial charge in [0.15, 0.2) is 0 Å². The van der Waals surface area contributed by atoms with E-state index in [9.17, 15) is 28.8 Å². The molecule has 2 unspecified atom stereocenters. The zero-order chi connectivity index (χ0) is 42.3. The molecule has 0 fully saturated rings. The normalized spacial score (nSPS) is 13.8. The highest BCUT2D eigenvalue weighted by Gasteiger charge is 2.45. The number of aromatic amines is 1. The third-order valence-corrected chi connectivity index (χ3v) is 8.63. The first-order valence-electron chi connectivity index (χ1n) is 18.9. The van der Waals surface area contributed by atoms with Gasteiger partial charge in [0.2, 0.25) is 29.4 Å². The highest BCUT2D eigenvalue weighted by molar-refractivity contribution is 6.01. The molecule has 16 heteroatoms. The molecular weight excluding hydrogens is 740 g/mol. The number of aromatic nitrogens is 2. The largest absolute Gasteiger partial charge is 0.444 e. The lowest BCUT2D eigenvalue weighted by Crippen LogP contribution is -2.59. The van der Waals surface area contributed by atoms with Crippen molar-refractivity contribution in [2.75, 3.05) is 6.54 Å². The first-order valence-corrected chi connectivity index (χ1v) is 18.9. The van der Waals surface area contributed by atoms with Crippen LogP contribution < -0.4 is 26.6 Å². The van der Waals surface area contributed by atoms with Crippen LogP contribution in [0.1, 0.15) is 71.7 Å². The number of carbonyl (C=O) groups excluding carboxylic acids is 6. The number of hydrogen-bond acceptors (Lipinski definition) is 8. The fourth-order valence-corrected chi connectivity index (χ4v) is 5.85. The molecule has 3 rings (SSSR count). The molecule has 14 nitrogen and oxygen atoms in total. The Labute approximate surface area is 332 Å². The lowest BCUT2D eigenvalue weighted by atomic mass is 9.93. The average molecular weight is 796 g/mol. The summed E-state index contributed by atoms with van der Waals surface area (Å²) < 4.78 is 36.7. The molecule has 5 amide bonds. The maximum atomic E-state index is 15.7. The molecular formula is C41H55F2N7O7. The van der Waals surface area contributed by atoms with Crippen LogP contribution in [0, 0.1) is 17.8 Å². The van der Waals surface area contributed by atoms with Gasteiger partial charge in [0.25, 0.3) is 0 Å². The summed E-state index contributed by atoms with van der Waals surface area (Å²) in [6, 6.07) is 13.4. The van der Waals surface area contributed by atoms with E-state index >= 15 is 8.78 Å². The van der Waals surface area contributed by atoms with Crippen LogP contribution in [0.25, 0.3) is 0 Å². The van der Waals surface area contributed by atoms with Crippen LogP contribution in [0.2, 0.25) is 0 Å². The van der Waals surface area contributed by atoms with E-state index in [4.69, 9.17) is 4.74 Å². The number of carbonyl (C=O) groups is 6. The molecule has 0 saturated heterocycles. The molecule has 0 aliphatic heterocycles. The molecule has 0 aliphatic rings. The van der Waals surface area contributed by atoms with Gasteiger partial charge in [-0.2, -0.15) is 8.78 Å². The predicted molar refractivity (Wildman–Crippen MR) is 208 cm³/mol. The van der Waals surface area contributed by atoms with Crippen LogP contribution >= 0.6 is 0 Å². The van der Waals surface area contributed by atoms with Crippen molar-refractivity contribution in [2.45, 2.75) is 104 Å². The van der Waals surface area contributed by atoms with Gasteiger partial charge in [-0.3, -0.25) is 24.0 Å². The van der Waals surface area contributed by atoms with Gasteiger partial charge in [0.05, 0.1) is 18.9 Å². The van der Waals surface area contributed by atoms with Crippen molar-refractivity contribution in [3.8, 4) is 0 Å². The van der Waals surface area contributed by atoms with Crippen molar-refractivity contribution in [3.63, 3.8) is 0 Å². The molecule has 1 heterocycles. The zero-order valence-electron chi connectivity index (χ0n) is 33.5. The number of Topliss-reactive ketones (excluding diaryl/α,β-unsaturated/α-hetero) is 1. The average Bonchev–Trinajstić information content (AvgIpc) is 3.65. The summed E-state index contributed by atoms with van der Waals surface area (Å²) in [4.78, 5) is 86.9. The molecule has 57 heavy (non-hydrogen) atoms. The third-order valence-electron chi connectivity index (χ3n) is 8.63. The second-order valence-electron chi connectivity index (χ2n) is 15.6. The van der Waals surface area contributed by atoms with E-state index in [1.807, 2.05) is 6.07 Å². The number of halogens is 2. The van der Waals surface area contributed by atoms with Gasteiger partial charge in [0, 0.05) is 31.3 Å². The van der Waals surface area contributed by atoms with Crippen molar-refractivity contribution in [2.24, 2.45) is 17.8 Å². The van der Waals surface area contributed by atoms with Gasteiger partial charge in [-0.1, -0.05) is 88.4 Å². The molecule has 2 aromatic carbocycles. The number of nitrogens with zero attached hydrogens (tertiary/aromatic N) is 1. The quantitative estimate of drug-likeness (QED) is 0.0922. The van der Waals surface area contributed by atoms with E-state index in [1.54, 1.807) is 103 Å². The van der Waals surface area contributed by atoms with Crippen molar-refractivity contribution in [1.82, 2.24) is 36.6 Å². The van der Waals surface area contributed by atoms with Gasteiger partial charge >= 0.3 is 12.0 Å². The number of amides is 5. The number of nitrogens with one attached hydrogen (secondary N) is 6. The molecule has 310 valence electrons.